The highest BCUT2D eigenvalue weighted by Crippen LogP contribution is 2.16. The van der Waals surface area contributed by atoms with Crippen molar-refractivity contribution in [3.63, 3.8) is 0 Å². The molecule has 6 heteroatoms. The Balaban J connectivity index is 1.78. The fraction of sp³-hybridized carbons (Fsp3) is 0.300. The predicted molar refractivity (Wildman–Crippen MR) is 95.7 cm³/mol. The van der Waals surface area contributed by atoms with E-state index in [9.17, 15) is 19.1 Å². The van der Waals surface area contributed by atoms with Crippen molar-refractivity contribution in [2.45, 2.75) is 25.2 Å². The van der Waals surface area contributed by atoms with Gasteiger partial charge >= 0.3 is 5.97 Å². The molecule has 26 heavy (non-hydrogen) atoms. The van der Waals surface area contributed by atoms with Gasteiger partial charge in [-0.2, -0.15) is 0 Å². The van der Waals surface area contributed by atoms with Crippen LogP contribution in [-0.2, 0) is 16.0 Å². The van der Waals surface area contributed by atoms with E-state index < -0.39 is 17.7 Å². The summed E-state index contributed by atoms with van der Waals surface area (Å²) < 4.78 is 18.1. The van der Waals surface area contributed by atoms with Gasteiger partial charge in [0.05, 0.1) is 13.0 Å². The minimum absolute atomic E-state index is 0.0255. The number of benzene rings is 2. The van der Waals surface area contributed by atoms with Crippen LogP contribution in [0.5, 0.6) is 5.75 Å². The summed E-state index contributed by atoms with van der Waals surface area (Å²) in [7, 11) is 1.61. The van der Waals surface area contributed by atoms with Gasteiger partial charge in [-0.05, 0) is 48.2 Å². The third kappa shape index (κ3) is 5.88. The van der Waals surface area contributed by atoms with Crippen LogP contribution in [0, 0.1) is 5.82 Å². The first-order valence-electron chi connectivity index (χ1n) is 8.37. The highest BCUT2D eigenvalue weighted by Gasteiger charge is 2.20. The van der Waals surface area contributed by atoms with Gasteiger partial charge in [0.1, 0.15) is 11.6 Å². The molecule has 1 amide bonds. The summed E-state index contributed by atoms with van der Waals surface area (Å²) in [6.45, 7) is -0.0255. The number of ether oxygens (including phenoxy) is 1. The van der Waals surface area contributed by atoms with Crippen molar-refractivity contribution in [1.29, 1.82) is 0 Å². The van der Waals surface area contributed by atoms with Crippen LogP contribution in [0.2, 0.25) is 0 Å². The van der Waals surface area contributed by atoms with Crippen LogP contribution in [0.25, 0.3) is 0 Å². The number of methoxy groups -OCH3 is 1. The van der Waals surface area contributed by atoms with Gasteiger partial charge < -0.3 is 15.2 Å². The molecule has 2 aromatic rings. The number of carbonyl (C=O) groups excluding carboxylic acids is 1. The molecule has 5 nitrogen and oxygen atoms in total. The molecule has 2 rings (SSSR count). The molecule has 0 bridgehead atoms. The highest BCUT2D eigenvalue weighted by atomic mass is 19.1. The van der Waals surface area contributed by atoms with E-state index in [1.165, 1.54) is 24.3 Å². The summed E-state index contributed by atoms with van der Waals surface area (Å²) in [6.07, 6.45) is 1.71. The standard InChI is InChI=1S/C20H22FNO4/c1-26-17-11-5-14(6-12-17)3-2-4-19(23)22-13-18(20(24)25)15-7-9-16(21)10-8-15/h5-12,18H,2-4,13H2,1H3,(H,22,23)(H,24,25). The summed E-state index contributed by atoms with van der Waals surface area (Å²) in [4.78, 5) is 23.4. The maximum absolute atomic E-state index is 13.0. The summed E-state index contributed by atoms with van der Waals surface area (Å²) in [6, 6.07) is 12.9. The molecule has 2 aromatic carbocycles. The van der Waals surface area contributed by atoms with Crippen LogP contribution < -0.4 is 10.1 Å². The number of rotatable bonds is 9. The van der Waals surface area contributed by atoms with Crippen LogP contribution in [0.1, 0.15) is 29.9 Å². The summed E-state index contributed by atoms with van der Waals surface area (Å²) in [5.41, 5.74) is 1.56. The molecule has 0 aromatic heterocycles. The highest BCUT2D eigenvalue weighted by molar-refractivity contribution is 5.79. The number of hydrogen-bond acceptors (Lipinski definition) is 3. The summed E-state index contributed by atoms with van der Waals surface area (Å²) >= 11 is 0. The molecule has 0 aliphatic rings. The second-order valence-corrected chi connectivity index (χ2v) is 5.95. The van der Waals surface area contributed by atoms with E-state index in [0.29, 0.717) is 18.4 Å². The maximum Gasteiger partial charge on any atom is 0.312 e. The minimum atomic E-state index is -1.06. The van der Waals surface area contributed by atoms with E-state index in [1.807, 2.05) is 24.3 Å². The number of aliphatic carboxylic acids is 1. The number of carboxylic acid groups (broad SMARTS) is 1. The normalized spacial score (nSPS) is 11.6. The molecular weight excluding hydrogens is 337 g/mol. The van der Waals surface area contributed by atoms with Gasteiger partial charge in [-0.3, -0.25) is 9.59 Å². The molecule has 0 aliphatic carbocycles. The van der Waals surface area contributed by atoms with Crippen molar-refractivity contribution in [2.75, 3.05) is 13.7 Å². The number of hydrogen-bond donors (Lipinski definition) is 2. The van der Waals surface area contributed by atoms with Crippen molar-refractivity contribution in [3.8, 4) is 5.75 Å². The van der Waals surface area contributed by atoms with Gasteiger partial charge in [-0.1, -0.05) is 24.3 Å². The molecule has 0 saturated heterocycles. The van der Waals surface area contributed by atoms with Gasteiger partial charge in [0.2, 0.25) is 5.91 Å². The topological polar surface area (TPSA) is 75.6 Å². The Hall–Kier alpha value is -2.89. The van der Waals surface area contributed by atoms with E-state index in [0.717, 1.165) is 17.7 Å². The Bertz CT molecular complexity index is 728. The SMILES string of the molecule is COc1ccc(CCCC(=O)NCC(C(=O)O)c2ccc(F)cc2)cc1. The van der Waals surface area contributed by atoms with E-state index in [4.69, 9.17) is 4.74 Å². The molecule has 0 radical (unpaired) electrons. The smallest absolute Gasteiger partial charge is 0.312 e. The van der Waals surface area contributed by atoms with Gasteiger partial charge in [0.15, 0.2) is 0 Å². The van der Waals surface area contributed by atoms with Crippen molar-refractivity contribution >= 4 is 11.9 Å². The number of nitrogens with one attached hydrogen (secondary N) is 1. The van der Waals surface area contributed by atoms with Crippen molar-refractivity contribution < 1.29 is 23.8 Å². The number of halogens is 1. The minimum Gasteiger partial charge on any atom is -0.497 e. The first-order valence-corrected chi connectivity index (χ1v) is 8.37. The summed E-state index contributed by atoms with van der Waals surface area (Å²) in [5, 5.41) is 12.0. The molecule has 1 atom stereocenters. The van der Waals surface area contributed by atoms with E-state index >= 15 is 0 Å². The molecular formula is C20H22FNO4. The molecule has 138 valence electrons. The first kappa shape index (κ1) is 19.4. The molecule has 0 aliphatic heterocycles. The first-order chi connectivity index (χ1) is 12.5. The lowest BCUT2D eigenvalue weighted by Gasteiger charge is -2.14. The largest absolute Gasteiger partial charge is 0.497 e. The van der Waals surface area contributed by atoms with Crippen LogP contribution in [0.15, 0.2) is 48.5 Å². The van der Waals surface area contributed by atoms with Gasteiger partial charge in [0.25, 0.3) is 0 Å². The van der Waals surface area contributed by atoms with Crippen LogP contribution in [0.4, 0.5) is 4.39 Å². The lowest BCUT2D eigenvalue weighted by atomic mass is 9.99. The van der Waals surface area contributed by atoms with Crippen LogP contribution in [0.3, 0.4) is 0 Å². The average Bonchev–Trinajstić information content (AvgIpc) is 2.63. The Morgan fingerprint density at radius 1 is 1.12 bits per heavy atom. The van der Waals surface area contributed by atoms with E-state index in [-0.39, 0.29) is 12.5 Å². The third-order valence-corrected chi connectivity index (χ3v) is 4.10. The van der Waals surface area contributed by atoms with Crippen molar-refractivity contribution in [1.82, 2.24) is 5.32 Å². The number of carboxylic acids is 1. The zero-order valence-electron chi connectivity index (χ0n) is 14.6. The zero-order chi connectivity index (χ0) is 18.9. The molecule has 1 unspecified atom stereocenters. The Kier molecular flexibility index (Phi) is 7.14. The number of amides is 1. The predicted octanol–water partition coefficient (Wildman–Crippen LogP) is 3.14. The second kappa shape index (κ2) is 9.56. The summed E-state index contributed by atoms with van der Waals surface area (Å²) in [5.74, 6) is -1.81. The van der Waals surface area contributed by atoms with Crippen LogP contribution in [-0.4, -0.2) is 30.6 Å². The maximum atomic E-state index is 13.0. The molecule has 0 heterocycles. The van der Waals surface area contributed by atoms with Gasteiger partial charge in [0, 0.05) is 13.0 Å². The lowest BCUT2D eigenvalue weighted by molar-refractivity contribution is -0.138. The molecule has 0 saturated carbocycles. The van der Waals surface area contributed by atoms with Crippen LogP contribution >= 0.6 is 0 Å². The lowest BCUT2D eigenvalue weighted by Crippen LogP contribution is -2.31. The monoisotopic (exact) mass is 359 g/mol. The Morgan fingerprint density at radius 2 is 1.77 bits per heavy atom. The fourth-order valence-corrected chi connectivity index (χ4v) is 2.59. The van der Waals surface area contributed by atoms with Crippen molar-refractivity contribution in [3.05, 3.63) is 65.5 Å². The average molecular weight is 359 g/mol. The van der Waals surface area contributed by atoms with E-state index in [1.54, 1.807) is 7.11 Å². The Labute approximate surface area is 151 Å². The third-order valence-electron chi connectivity index (χ3n) is 4.10. The molecule has 2 N–H and O–H groups in total. The number of carbonyl (C=O) groups is 2. The quantitative estimate of drug-likeness (QED) is 0.721. The van der Waals surface area contributed by atoms with Crippen molar-refractivity contribution in [2.24, 2.45) is 0 Å². The second-order valence-electron chi connectivity index (χ2n) is 5.95. The molecule has 0 fully saturated rings. The fourth-order valence-electron chi connectivity index (χ4n) is 2.59. The zero-order valence-corrected chi connectivity index (χ0v) is 14.6. The van der Waals surface area contributed by atoms with Gasteiger partial charge in [-0.25, -0.2) is 4.39 Å². The van der Waals surface area contributed by atoms with E-state index in [2.05, 4.69) is 5.32 Å². The Morgan fingerprint density at radius 3 is 2.35 bits per heavy atom. The number of aryl methyl sites for hydroxylation is 1. The van der Waals surface area contributed by atoms with Gasteiger partial charge in [-0.15, -0.1) is 0 Å². The molecule has 0 spiro atoms.